The second-order valence-electron chi connectivity index (χ2n) is 5.05. The highest BCUT2D eigenvalue weighted by atomic mass is 16.5. The monoisotopic (exact) mass is 295 g/mol. The summed E-state index contributed by atoms with van der Waals surface area (Å²) in [6, 6.07) is 16.6. The first kappa shape index (κ1) is 16.0. The summed E-state index contributed by atoms with van der Waals surface area (Å²) in [4.78, 5) is 17.1. The Balaban J connectivity index is 2.21. The Kier molecular flexibility index (Phi) is 5.90. The number of methoxy groups -OCH3 is 1. The Morgan fingerprint density at radius 2 is 1.82 bits per heavy atom. The average molecular weight is 295 g/mol. The van der Waals surface area contributed by atoms with Crippen LogP contribution in [0.1, 0.15) is 35.7 Å². The van der Waals surface area contributed by atoms with E-state index in [0.717, 1.165) is 24.2 Å². The van der Waals surface area contributed by atoms with Crippen molar-refractivity contribution in [3.8, 4) is 5.75 Å². The normalized spacial score (nSPS) is 12.3. The molecule has 114 valence electrons. The summed E-state index contributed by atoms with van der Waals surface area (Å²) in [5.41, 5.74) is 1.59. The van der Waals surface area contributed by atoms with Crippen LogP contribution >= 0.6 is 0 Å². The van der Waals surface area contributed by atoms with E-state index in [4.69, 9.17) is 4.74 Å². The van der Waals surface area contributed by atoms with E-state index in [1.807, 2.05) is 54.6 Å². The van der Waals surface area contributed by atoms with Crippen LogP contribution in [0.25, 0.3) is 0 Å². The Morgan fingerprint density at radius 3 is 2.50 bits per heavy atom. The number of carbonyl (C=O) groups is 1. The molecule has 0 amide bonds. The van der Waals surface area contributed by atoms with E-state index in [-0.39, 0.29) is 11.8 Å². The fourth-order valence-electron chi connectivity index (χ4n) is 2.28. The van der Waals surface area contributed by atoms with Crippen molar-refractivity contribution < 1.29 is 9.53 Å². The fraction of sp³-hybridized carbons (Fsp3) is 0.263. The average Bonchev–Trinajstić information content (AvgIpc) is 2.59. The van der Waals surface area contributed by atoms with Gasteiger partial charge in [-0.2, -0.15) is 0 Å². The zero-order valence-electron chi connectivity index (χ0n) is 13.0. The van der Waals surface area contributed by atoms with Gasteiger partial charge in [-0.05, 0) is 18.6 Å². The van der Waals surface area contributed by atoms with E-state index in [9.17, 15) is 4.79 Å². The van der Waals surface area contributed by atoms with Gasteiger partial charge in [-0.1, -0.05) is 55.8 Å². The molecule has 0 aliphatic carbocycles. The minimum Gasteiger partial charge on any atom is -0.496 e. The van der Waals surface area contributed by atoms with E-state index < -0.39 is 0 Å². The van der Waals surface area contributed by atoms with Crippen LogP contribution in [0.2, 0.25) is 0 Å². The maximum Gasteiger partial charge on any atom is 0.187 e. The highest BCUT2D eigenvalue weighted by molar-refractivity contribution is 6.01. The van der Waals surface area contributed by atoms with E-state index in [1.165, 1.54) is 0 Å². The lowest BCUT2D eigenvalue weighted by Gasteiger charge is -2.11. The summed E-state index contributed by atoms with van der Waals surface area (Å²) in [5.74, 6) is 0.822. The molecule has 3 heteroatoms. The number of aliphatic imine (C=N–C) groups is 1. The Bertz CT molecular complexity index is 635. The summed E-state index contributed by atoms with van der Waals surface area (Å²) in [6.07, 6.45) is 3.38. The number of Topliss-reactive ketones (excluding diaryl/α,β-unsaturated/α-hetero) is 1. The number of benzene rings is 2. The van der Waals surface area contributed by atoms with Crippen LogP contribution in [0.3, 0.4) is 0 Å². The van der Waals surface area contributed by atoms with Crippen molar-refractivity contribution in [2.45, 2.75) is 25.8 Å². The lowest BCUT2D eigenvalue weighted by molar-refractivity contribution is 0.0958. The predicted octanol–water partition coefficient (Wildman–Crippen LogP) is 4.17. The van der Waals surface area contributed by atoms with Gasteiger partial charge in [-0.15, -0.1) is 0 Å². The van der Waals surface area contributed by atoms with E-state index in [2.05, 4.69) is 11.9 Å². The predicted molar refractivity (Wildman–Crippen MR) is 90.1 cm³/mol. The molecular weight excluding hydrogens is 274 g/mol. The Labute approximate surface area is 131 Å². The van der Waals surface area contributed by atoms with Crippen molar-refractivity contribution in [2.24, 2.45) is 4.99 Å². The number of ketones is 1. The topological polar surface area (TPSA) is 38.7 Å². The van der Waals surface area contributed by atoms with Gasteiger partial charge in [-0.25, -0.2) is 0 Å². The van der Waals surface area contributed by atoms with Crippen LogP contribution < -0.4 is 4.74 Å². The quantitative estimate of drug-likeness (QED) is 0.568. The fourth-order valence-corrected chi connectivity index (χ4v) is 2.28. The van der Waals surface area contributed by atoms with E-state index in [0.29, 0.717) is 5.56 Å². The summed E-state index contributed by atoms with van der Waals surface area (Å²) >= 11 is 0. The van der Waals surface area contributed by atoms with Crippen LogP contribution in [-0.4, -0.2) is 25.1 Å². The van der Waals surface area contributed by atoms with E-state index >= 15 is 0 Å². The van der Waals surface area contributed by atoms with Crippen LogP contribution in [-0.2, 0) is 0 Å². The first-order valence-electron chi connectivity index (χ1n) is 7.51. The molecule has 22 heavy (non-hydrogen) atoms. The van der Waals surface area contributed by atoms with Gasteiger partial charge < -0.3 is 4.74 Å². The van der Waals surface area contributed by atoms with Crippen LogP contribution in [0.4, 0.5) is 0 Å². The number of hydrogen-bond acceptors (Lipinski definition) is 3. The Hall–Kier alpha value is -2.42. The van der Waals surface area contributed by atoms with Crippen molar-refractivity contribution in [3.05, 3.63) is 65.7 Å². The third kappa shape index (κ3) is 4.04. The number of carbonyl (C=O) groups excluding carboxylic acids is 1. The molecule has 0 N–H and O–H groups in total. The first-order valence-corrected chi connectivity index (χ1v) is 7.51. The molecule has 0 saturated carbocycles. The number of hydrogen-bond donors (Lipinski definition) is 0. The van der Waals surface area contributed by atoms with Gasteiger partial charge in [-0.3, -0.25) is 9.79 Å². The highest BCUT2D eigenvalue weighted by Crippen LogP contribution is 2.16. The van der Waals surface area contributed by atoms with E-state index in [1.54, 1.807) is 13.3 Å². The molecule has 1 atom stereocenters. The molecular formula is C19H21NO2. The summed E-state index contributed by atoms with van der Waals surface area (Å²) in [6.45, 7) is 2.06. The molecule has 0 radical (unpaired) electrons. The smallest absolute Gasteiger partial charge is 0.187 e. The van der Waals surface area contributed by atoms with Crippen molar-refractivity contribution in [3.63, 3.8) is 0 Å². The maximum atomic E-state index is 12.6. The third-order valence-electron chi connectivity index (χ3n) is 3.46. The molecule has 0 aliphatic rings. The lowest BCUT2D eigenvalue weighted by atomic mass is 10.0. The second kappa shape index (κ2) is 8.13. The first-order chi connectivity index (χ1) is 10.8. The standard InChI is InChI=1S/C19H21NO2/c1-3-9-17(19(21)15-10-5-4-6-11-15)20-14-16-12-7-8-13-18(16)22-2/h4-8,10-14,17H,3,9H2,1-2H3/b20-14+. The van der Waals surface area contributed by atoms with Gasteiger partial charge in [0.05, 0.1) is 7.11 Å². The summed E-state index contributed by atoms with van der Waals surface area (Å²) in [7, 11) is 1.63. The SMILES string of the molecule is CCCC(/N=C/c1ccccc1OC)C(=O)c1ccccc1. The molecule has 0 spiro atoms. The molecule has 0 heterocycles. The zero-order valence-corrected chi connectivity index (χ0v) is 13.0. The van der Waals surface area contributed by atoms with Crippen molar-refractivity contribution in [1.82, 2.24) is 0 Å². The molecule has 2 aromatic carbocycles. The number of nitrogens with zero attached hydrogens (tertiary/aromatic N) is 1. The maximum absolute atomic E-state index is 12.6. The van der Waals surface area contributed by atoms with Gasteiger partial charge in [0.2, 0.25) is 0 Å². The molecule has 0 fully saturated rings. The summed E-state index contributed by atoms with van der Waals surface area (Å²) < 4.78 is 5.31. The molecule has 0 saturated heterocycles. The largest absolute Gasteiger partial charge is 0.496 e. The molecule has 2 aromatic rings. The van der Waals surface area contributed by atoms with Gasteiger partial charge in [0.25, 0.3) is 0 Å². The molecule has 0 bridgehead atoms. The minimum atomic E-state index is -0.350. The van der Waals surface area contributed by atoms with Gasteiger partial charge in [0.15, 0.2) is 5.78 Å². The summed E-state index contributed by atoms with van der Waals surface area (Å²) in [5, 5.41) is 0. The molecule has 3 nitrogen and oxygen atoms in total. The van der Waals surface area contributed by atoms with Crippen LogP contribution in [0, 0.1) is 0 Å². The van der Waals surface area contributed by atoms with Gasteiger partial charge in [0, 0.05) is 17.3 Å². The molecule has 2 rings (SSSR count). The molecule has 0 aliphatic heterocycles. The lowest BCUT2D eigenvalue weighted by Crippen LogP contribution is -2.19. The number of para-hydroxylation sites is 1. The van der Waals surface area contributed by atoms with Gasteiger partial charge >= 0.3 is 0 Å². The van der Waals surface area contributed by atoms with Crippen molar-refractivity contribution in [1.29, 1.82) is 0 Å². The van der Waals surface area contributed by atoms with Crippen molar-refractivity contribution >= 4 is 12.0 Å². The zero-order chi connectivity index (χ0) is 15.8. The number of ether oxygens (including phenoxy) is 1. The Morgan fingerprint density at radius 1 is 1.14 bits per heavy atom. The van der Waals surface area contributed by atoms with Crippen LogP contribution in [0.15, 0.2) is 59.6 Å². The molecule has 1 unspecified atom stereocenters. The minimum absolute atomic E-state index is 0.0635. The highest BCUT2D eigenvalue weighted by Gasteiger charge is 2.17. The third-order valence-corrected chi connectivity index (χ3v) is 3.46. The number of rotatable bonds is 7. The van der Waals surface area contributed by atoms with Crippen LogP contribution in [0.5, 0.6) is 5.75 Å². The van der Waals surface area contributed by atoms with Crippen molar-refractivity contribution in [2.75, 3.05) is 7.11 Å². The van der Waals surface area contributed by atoms with Gasteiger partial charge in [0.1, 0.15) is 11.8 Å². The second-order valence-corrected chi connectivity index (χ2v) is 5.05. The molecule has 0 aromatic heterocycles.